The van der Waals surface area contributed by atoms with Gasteiger partial charge in [-0.25, -0.2) is 0 Å². The van der Waals surface area contributed by atoms with Crippen LogP contribution >= 0.6 is 0 Å². The lowest BCUT2D eigenvalue weighted by Crippen LogP contribution is -1.92. The molecular weight excluding hydrogens is 148 g/mol. The molecule has 0 aromatic carbocycles. The fraction of sp³-hybridized carbons (Fsp3) is 1.00. The second-order valence-corrected chi connectivity index (χ2v) is 1.78. The van der Waals surface area contributed by atoms with Gasteiger partial charge in [0.25, 0.3) is 0 Å². The molecular formula is C6H12F4. The monoisotopic (exact) mass is 160 g/mol. The first-order valence-corrected chi connectivity index (χ1v) is 3.17. The lowest BCUT2D eigenvalue weighted by atomic mass is 10.3. The highest BCUT2D eigenvalue weighted by atomic mass is 19.5. The molecule has 0 aromatic heterocycles. The van der Waals surface area contributed by atoms with Crippen LogP contribution in [-0.4, -0.2) is 6.43 Å². The summed E-state index contributed by atoms with van der Waals surface area (Å²) in [5.41, 5.74) is 0. The van der Waals surface area contributed by atoms with E-state index >= 15 is 0 Å². The SMILES string of the molecule is CCCCC.FC(F)(F)F. The lowest BCUT2D eigenvalue weighted by molar-refractivity contribution is -0.237. The molecule has 64 valence electrons. The third-order valence-electron chi connectivity index (χ3n) is 0.707. The van der Waals surface area contributed by atoms with Crippen molar-refractivity contribution in [3.05, 3.63) is 0 Å². The summed E-state index contributed by atoms with van der Waals surface area (Å²) in [6.45, 7) is 4.42. The molecule has 0 radical (unpaired) electrons. The van der Waals surface area contributed by atoms with Crippen LogP contribution in [0.3, 0.4) is 0 Å². The van der Waals surface area contributed by atoms with E-state index in [0.717, 1.165) is 0 Å². The number of alkyl halides is 4. The quantitative estimate of drug-likeness (QED) is 0.540. The summed E-state index contributed by atoms with van der Waals surface area (Å²) < 4.78 is 38.8. The van der Waals surface area contributed by atoms with E-state index in [2.05, 4.69) is 13.8 Å². The van der Waals surface area contributed by atoms with Gasteiger partial charge in [0.15, 0.2) is 0 Å². The summed E-state index contributed by atoms with van der Waals surface area (Å²) in [4.78, 5) is 0. The molecule has 0 N–H and O–H groups in total. The van der Waals surface area contributed by atoms with Gasteiger partial charge in [-0.2, -0.15) is 0 Å². The highest BCUT2D eigenvalue weighted by Gasteiger charge is 2.24. The Balaban J connectivity index is 0. The minimum absolute atomic E-state index is 1.34. The van der Waals surface area contributed by atoms with Crippen molar-refractivity contribution in [2.24, 2.45) is 0 Å². The molecule has 0 aliphatic carbocycles. The molecule has 0 unspecified atom stereocenters. The van der Waals surface area contributed by atoms with Crippen molar-refractivity contribution in [1.82, 2.24) is 0 Å². The Kier molecular flexibility index (Phi) is 8.48. The van der Waals surface area contributed by atoms with E-state index in [1.807, 2.05) is 0 Å². The maximum absolute atomic E-state index is 9.69. The highest BCUT2D eigenvalue weighted by molar-refractivity contribution is 4.24. The van der Waals surface area contributed by atoms with Crippen LogP contribution in [0.5, 0.6) is 0 Å². The van der Waals surface area contributed by atoms with Crippen molar-refractivity contribution in [2.75, 3.05) is 0 Å². The third kappa shape index (κ3) is 118. The van der Waals surface area contributed by atoms with Crippen LogP contribution in [0.25, 0.3) is 0 Å². The van der Waals surface area contributed by atoms with Gasteiger partial charge in [0, 0.05) is 0 Å². The zero-order valence-electron chi connectivity index (χ0n) is 6.13. The molecule has 0 amide bonds. The fourth-order valence-electron chi connectivity index (χ4n) is 0.354. The molecule has 0 atom stereocenters. The lowest BCUT2D eigenvalue weighted by Gasteiger charge is -1.82. The first-order valence-electron chi connectivity index (χ1n) is 3.17. The average molecular weight is 160 g/mol. The molecule has 4 heteroatoms. The van der Waals surface area contributed by atoms with E-state index < -0.39 is 6.43 Å². The summed E-state index contributed by atoms with van der Waals surface area (Å²) in [5.74, 6) is 0. The average Bonchev–Trinajstić information content (AvgIpc) is 1.63. The van der Waals surface area contributed by atoms with Crippen LogP contribution in [-0.2, 0) is 0 Å². The maximum atomic E-state index is 9.69. The predicted octanol–water partition coefficient (Wildman–Crippen LogP) is 3.67. The van der Waals surface area contributed by atoms with Crippen molar-refractivity contribution in [3.8, 4) is 0 Å². The summed E-state index contributed by atoms with van der Waals surface area (Å²) in [6, 6.07) is 0. The Morgan fingerprint density at radius 3 is 1.10 bits per heavy atom. The molecule has 0 aliphatic rings. The zero-order valence-corrected chi connectivity index (χ0v) is 6.13. The number of halogens is 4. The van der Waals surface area contributed by atoms with Gasteiger partial charge in [0.05, 0.1) is 0 Å². The minimum atomic E-state index is -5.50. The van der Waals surface area contributed by atoms with E-state index in [9.17, 15) is 17.6 Å². The zero-order chi connectivity index (χ0) is 8.62. The van der Waals surface area contributed by atoms with Gasteiger partial charge in [-0.3, -0.25) is 0 Å². The Morgan fingerprint density at radius 2 is 1.10 bits per heavy atom. The first kappa shape index (κ1) is 12.4. The van der Waals surface area contributed by atoms with Crippen LogP contribution in [0.4, 0.5) is 17.6 Å². The van der Waals surface area contributed by atoms with Crippen molar-refractivity contribution in [3.63, 3.8) is 0 Å². The normalized spacial score (nSPS) is 10.2. The molecule has 0 rings (SSSR count). The minimum Gasteiger partial charge on any atom is -0.140 e. The molecule has 0 nitrogen and oxygen atoms in total. The van der Waals surface area contributed by atoms with Gasteiger partial charge in [0.1, 0.15) is 0 Å². The topological polar surface area (TPSA) is 0 Å². The van der Waals surface area contributed by atoms with Crippen molar-refractivity contribution in [2.45, 2.75) is 39.5 Å². The van der Waals surface area contributed by atoms with E-state index in [-0.39, 0.29) is 0 Å². The van der Waals surface area contributed by atoms with Gasteiger partial charge < -0.3 is 0 Å². The van der Waals surface area contributed by atoms with Crippen molar-refractivity contribution in [1.29, 1.82) is 0 Å². The fourth-order valence-corrected chi connectivity index (χ4v) is 0.354. The van der Waals surface area contributed by atoms with E-state index in [1.165, 1.54) is 19.3 Å². The van der Waals surface area contributed by atoms with Crippen LogP contribution < -0.4 is 0 Å². The summed E-state index contributed by atoms with van der Waals surface area (Å²) in [7, 11) is 0. The van der Waals surface area contributed by atoms with E-state index in [1.54, 1.807) is 0 Å². The Hall–Kier alpha value is -0.280. The number of rotatable bonds is 2. The van der Waals surface area contributed by atoms with Crippen molar-refractivity contribution >= 4 is 0 Å². The summed E-state index contributed by atoms with van der Waals surface area (Å²) >= 11 is 0. The molecule has 0 aliphatic heterocycles. The Morgan fingerprint density at radius 1 is 0.900 bits per heavy atom. The molecule has 0 fully saturated rings. The molecule has 0 saturated carbocycles. The van der Waals surface area contributed by atoms with Gasteiger partial charge in [0.2, 0.25) is 0 Å². The third-order valence-corrected chi connectivity index (χ3v) is 0.707. The standard InChI is InChI=1S/C5H12.CF4/c1-3-5-4-2;2-1(3,4)5/h3-5H2,1-2H3;. The predicted molar refractivity (Wildman–Crippen MR) is 32.4 cm³/mol. The summed E-state index contributed by atoms with van der Waals surface area (Å²) in [6.07, 6.45) is -1.42. The molecule has 0 aromatic rings. The second kappa shape index (κ2) is 6.83. The van der Waals surface area contributed by atoms with Gasteiger partial charge in [-0.15, -0.1) is 17.6 Å². The molecule has 0 saturated heterocycles. The van der Waals surface area contributed by atoms with Gasteiger partial charge >= 0.3 is 6.43 Å². The molecule has 0 heterocycles. The Bertz CT molecular complexity index is 49.3. The molecule has 0 bridgehead atoms. The largest absolute Gasteiger partial charge is 0.559 e. The van der Waals surface area contributed by atoms with Crippen molar-refractivity contribution < 1.29 is 17.6 Å². The van der Waals surface area contributed by atoms with Crippen LogP contribution in [0.1, 0.15) is 33.1 Å². The summed E-state index contributed by atoms with van der Waals surface area (Å²) in [5, 5.41) is 0. The van der Waals surface area contributed by atoms with Crippen LogP contribution in [0.2, 0.25) is 0 Å². The van der Waals surface area contributed by atoms with E-state index in [0.29, 0.717) is 0 Å². The first-order chi connectivity index (χ1) is 4.41. The number of hydrogen-bond acceptors (Lipinski definition) is 0. The maximum Gasteiger partial charge on any atom is 0.559 e. The second-order valence-electron chi connectivity index (χ2n) is 1.78. The van der Waals surface area contributed by atoms with Gasteiger partial charge in [-0.1, -0.05) is 33.1 Å². The van der Waals surface area contributed by atoms with Gasteiger partial charge in [-0.05, 0) is 0 Å². The van der Waals surface area contributed by atoms with E-state index in [4.69, 9.17) is 0 Å². The number of unbranched alkanes of at least 4 members (excludes halogenated alkanes) is 2. The molecule has 10 heavy (non-hydrogen) atoms. The number of hydrogen-bond donors (Lipinski definition) is 0. The Labute approximate surface area is 58.2 Å². The van der Waals surface area contributed by atoms with Crippen LogP contribution in [0.15, 0.2) is 0 Å². The highest BCUT2D eigenvalue weighted by Crippen LogP contribution is 2.13. The molecule has 0 spiro atoms. The van der Waals surface area contributed by atoms with Crippen LogP contribution in [0, 0.1) is 0 Å². The smallest absolute Gasteiger partial charge is 0.140 e.